The molecule has 24 heavy (non-hydrogen) atoms. The molecule has 10 heteroatoms. The molecule has 1 aliphatic heterocycles. The number of allylic oxidation sites excluding steroid dienone is 1. The van der Waals surface area contributed by atoms with Crippen LogP contribution in [0, 0.1) is 5.41 Å². The number of ether oxygens (including phenoxy) is 1. The number of hydrogen-bond donors (Lipinski definition) is 2. The molecule has 2 N–H and O–H groups in total. The van der Waals surface area contributed by atoms with Gasteiger partial charge in [0.15, 0.2) is 5.37 Å². The van der Waals surface area contributed by atoms with Crippen LogP contribution in [0.5, 0.6) is 0 Å². The van der Waals surface area contributed by atoms with Gasteiger partial charge in [0.2, 0.25) is 5.13 Å². The topological polar surface area (TPSA) is 96.5 Å². The van der Waals surface area contributed by atoms with Crippen LogP contribution in [0.3, 0.4) is 0 Å². The maximum atomic E-state index is 12.2. The van der Waals surface area contributed by atoms with Crippen molar-refractivity contribution in [3.8, 4) is 0 Å². The highest BCUT2D eigenvalue weighted by Gasteiger charge is 2.37. The third-order valence-electron chi connectivity index (χ3n) is 3.11. The fourth-order valence-electron chi connectivity index (χ4n) is 1.81. The Morgan fingerprint density at radius 1 is 1.38 bits per heavy atom. The summed E-state index contributed by atoms with van der Waals surface area (Å²) < 4.78 is 4.82. The molecule has 0 saturated carbocycles. The van der Waals surface area contributed by atoms with E-state index in [-0.39, 0.29) is 5.41 Å². The zero-order valence-corrected chi connectivity index (χ0v) is 15.9. The summed E-state index contributed by atoms with van der Waals surface area (Å²) in [5, 5.41) is 12.5. The van der Waals surface area contributed by atoms with Gasteiger partial charge >= 0.3 is 12.0 Å². The molecule has 2 rings (SSSR count). The van der Waals surface area contributed by atoms with E-state index in [2.05, 4.69) is 20.9 Å². The summed E-state index contributed by atoms with van der Waals surface area (Å²) in [5.74, 6) is -0.431. The van der Waals surface area contributed by atoms with Gasteiger partial charge in [-0.3, -0.25) is 10.3 Å². The van der Waals surface area contributed by atoms with Crippen LogP contribution in [0.2, 0.25) is 0 Å². The molecule has 1 aromatic heterocycles. The molecule has 0 aromatic carbocycles. The van der Waals surface area contributed by atoms with Crippen LogP contribution in [-0.2, 0) is 16.0 Å². The molecule has 1 aliphatic rings. The van der Waals surface area contributed by atoms with Crippen LogP contribution < -0.4 is 10.7 Å². The monoisotopic (exact) mass is 371 g/mol. The quantitative estimate of drug-likeness (QED) is 0.785. The minimum Gasteiger partial charge on any atom is -0.467 e. The summed E-state index contributed by atoms with van der Waals surface area (Å²) in [5.41, 5.74) is 2.51. The lowest BCUT2D eigenvalue weighted by Gasteiger charge is -2.22. The molecule has 1 aromatic rings. The first kappa shape index (κ1) is 18.5. The highest BCUT2D eigenvalue weighted by molar-refractivity contribution is 8.04. The number of nitrogens with zero attached hydrogens (tertiary/aromatic N) is 3. The van der Waals surface area contributed by atoms with Crippen molar-refractivity contribution in [2.45, 2.75) is 39.5 Å². The molecule has 2 amide bonds. The first-order valence-electron chi connectivity index (χ1n) is 7.39. The highest BCUT2D eigenvalue weighted by Crippen LogP contribution is 2.42. The Morgan fingerprint density at radius 2 is 2.08 bits per heavy atom. The summed E-state index contributed by atoms with van der Waals surface area (Å²) in [6, 6.07) is -0.491. The van der Waals surface area contributed by atoms with Crippen molar-refractivity contribution < 1.29 is 14.3 Å². The Kier molecular flexibility index (Phi) is 5.70. The summed E-state index contributed by atoms with van der Waals surface area (Å²) in [6.07, 6.45) is 2.51. The van der Waals surface area contributed by atoms with Gasteiger partial charge in [0.1, 0.15) is 5.01 Å². The molecule has 0 aliphatic carbocycles. The number of esters is 1. The van der Waals surface area contributed by atoms with E-state index in [0.29, 0.717) is 5.13 Å². The largest absolute Gasteiger partial charge is 0.467 e. The Bertz CT molecular complexity index is 653. The number of urea groups is 1. The third-order valence-corrected chi connectivity index (χ3v) is 5.71. The number of aromatic nitrogens is 2. The summed E-state index contributed by atoms with van der Waals surface area (Å²) in [4.78, 5) is 25.1. The number of nitrogens with one attached hydrogen (secondary N) is 2. The average Bonchev–Trinajstić information content (AvgIpc) is 3.12. The lowest BCUT2D eigenvalue weighted by atomic mass is 9.97. The van der Waals surface area contributed by atoms with E-state index >= 15 is 0 Å². The van der Waals surface area contributed by atoms with Gasteiger partial charge in [-0.1, -0.05) is 50.8 Å². The van der Waals surface area contributed by atoms with Crippen molar-refractivity contribution in [2.24, 2.45) is 5.41 Å². The van der Waals surface area contributed by atoms with E-state index in [4.69, 9.17) is 4.74 Å². The second kappa shape index (κ2) is 7.39. The molecule has 0 saturated heterocycles. The van der Waals surface area contributed by atoms with E-state index < -0.39 is 17.4 Å². The Morgan fingerprint density at radius 3 is 2.62 bits per heavy atom. The van der Waals surface area contributed by atoms with E-state index in [1.165, 1.54) is 35.2 Å². The summed E-state index contributed by atoms with van der Waals surface area (Å²) >= 11 is 2.67. The van der Waals surface area contributed by atoms with Crippen molar-refractivity contribution in [2.75, 3.05) is 12.4 Å². The van der Waals surface area contributed by atoms with Gasteiger partial charge in [0.05, 0.1) is 7.11 Å². The van der Waals surface area contributed by atoms with Crippen LogP contribution in [0.15, 0.2) is 11.1 Å². The van der Waals surface area contributed by atoms with Crippen molar-refractivity contribution in [1.82, 2.24) is 20.6 Å². The zero-order chi connectivity index (χ0) is 17.9. The lowest BCUT2D eigenvalue weighted by molar-refractivity contribution is -0.142. The molecule has 0 fully saturated rings. The first-order chi connectivity index (χ1) is 11.2. The van der Waals surface area contributed by atoms with E-state index in [1.54, 1.807) is 6.20 Å². The number of hydrazine groups is 1. The second-order valence-electron chi connectivity index (χ2n) is 6.06. The number of amides is 2. The van der Waals surface area contributed by atoms with E-state index in [0.717, 1.165) is 16.3 Å². The van der Waals surface area contributed by atoms with Gasteiger partial charge in [0.25, 0.3) is 0 Å². The number of rotatable bonds is 4. The summed E-state index contributed by atoms with van der Waals surface area (Å²) in [7, 11) is 1.32. The minimum absolute atomic E-state index is 0.140. The highest BCUT2D eigenvalue weighted by atomic mass is 32.2. The Labute approximate surface area is 149 Å². The summed E-state index contributed by atoms with van der Waals surface area (Å²) in [6.45, 7) is 8.08. The van der Waals surface area contributed by atoms with Gasteiger partial charge in [-0.15, -0.1) is 10.2 Å². The third kappa shape index (κ3) is 4.38. The molecule has 1 unspecified atom stereocenters. The number of thioether (sulfide) groups is 1. The van der Waals surface area contributed by atoms with Crippen molar-refractivity contribution in [3.63, 3.8) is 0 Å². The molecule has 8 nitrogen and oxygen atoms in total. The van der Waals surface area contributed by atoms with Gasteiger partial charge in [-0.05, 0) is 11.8 Å². The molecule has 0 bridgehead atoms. The maximum Gasteiger partial charge on any atom is 0.341 e. The van der Waals surface area contributed by atoms with Crippen LogP contribution in [0.1, 0.15) is 32.7 Å². The van der Waals surface area contributed by atoms with Crippen molar-refractivity contribution >= 4 is 40.2 Å². The predicted molar refractivity (Wildman–Crippen MR) is 94.2 cm³/mol. The number of carbonyl (C=O) groups excluding carboxylic acids is 2. The Balaban J connectivity index is 2.07. The number of methoxy groups -OCH3 is 1. The molecule has 1 atom stereocenters. The normalized spacial score (nSPS) is 17.5. The fourth-order valence-corrected chi connectivity index (χ4v) is 3.68. The Hall–Kier alpha value is -1.81. The smallest absolute Gasteiger partial charge is 0.341 e. The van der Waals surface area contributed by atoms with E-state index in [9.17, 15) is 9.59 Å². The number of carbonyl (C=O) groups is 2. The molecule has 2 heterocycles. The molecule has 0 radical (unpaired) electrons. The van der Waals surface area contributed by atoms with Gasteiger partial charge in [-0.2, -0.15) is 0 Å². The minimum atomic E-state index is -0.657. The van der Waals surface area contributed by atoms with Gasteiger partial charge in [-0.25, -0.2) is 15.0 Å². The maximum absolute atomic E-state index is 12.2. The standard InChI is InChI=1S/C14H21N5O3S2/c1-6-9-16-17-13(24-9)15-12(21)18-19-7-8(14(2,3)4)23-10(19)11(20)22-5/h7,10H,6H2,1-5H3,(H2,15,17,18,21). The van der Waals surface area contributed by atoms with Crippen molar-refractivity contribution in [3.05, 3.63) is 16.1 Å². The van der Waals surface area contributed by atoms with Crippen LogP contribution in [0.4, 0.5) is 9.93 Å². The predicted octanol–water partition coefficient (Wildman–Crippen LogP) is 2.57. The van der Waals surface area contributed by atoms with Crippen LogP contribution in [0.25, 0.3) is 0 Å². The van der Waals surface area contributed by atoms with Gasteiger partial charge in [0, 0.05) is 11.1 Å². The van der Waals surface area contributed by atoms with Crippen molar-refractivity contribution in [1.29, 1.82) is 0 Å². The lowest BCUT2D eigenvalue weighted by Crippen LogP contribution is -2.47. The molecular weight excluding hydrogens is 350 g/mol. The second-order valence-corrected chi connectivity index (χ2v) is 8.25. The first-order valence-corrected chi connectivity index (χ1v) is 9.09. The molecule has 132 valence electrons. The van der Waals surface area contributed by atoms with Crippen LogP contribution >= 0.6 is 23.1 Å². The molecular formula is C14H21N5O3S2. The van der Waals surface area contributed by atoms with Crippen LogP contribution in [-0.4, -0.2) is 39.7 Å². The molecule has 0 spiro atoms. The fraction of sp³-hybridized carbons (Fsp3) is 0.571. The SMILES string of the molecule is CCc1nnc(NC(=O)NN2C=C(C(C)(C)C)SC2C(=O)OC)s1. The number of aryl methyl sites for hydroxylation is 1. The van der Waals surface area contributed by atoms with E-state index in [1.807, 2.05) is 27.7 Å². The van der Waals surface area contributed by atoms with Gasteiger partial charge < -0.3 is 4.74 Å². The zero-order valence-electron chi connectivity index (χ0n) is 14.2. The number of anilines is 1. The number of hydrogen-bond acceptors (Lipinski definition) is 8. The average molecular weight is 371 g/mol.